The molecule has 1 aliphatic carbocycles. The van der Waals surface area contributed by atoms with Crippen LogP contribution in [-0.4, -0.2) is 48.8 Å². The van der Waals surface area contributed by atoms with Crippen LogP contribution in [0.15, 0.2) is 0 Å². The van der Waals surface area contributed by atoms with Crippen molar-refractivity contribution in [3.05, 3.63) is 0 Å². The molecule has 0 bridgehead atoms. The van der Waals surface area contributed by atoms with Gasteiger partial charge in [0, 0.05) is 43.9 Å². The molecule has 3 nitrogen and oxygen atoms in total. The molecule has 1 N–H and O–H groups in total. The van der Waals surface area contributed by atoms with E-state index in [4.69, 9.17) is 4.74 Å². The van der Waals surface area contributed by atoms with Crippen molar-refractivity contribution in [1.29, 1.82) is 0 Å². The lowest BCUT2D eigenvalue weighted by Gasteiger charge is -2.53. The largest absolute Gasteiger partial charge is 0.381 e. The molecule has 3 aliphatic rings. The Hall–Kier alpha value is -0.120. The van der Waals surface area contributed by atoms with E-state index < -0.39 is 0 Å². The molecule has 0 aromatic carbocycles. The lowest BCUT2D eigenvalue weighted by Crippen LogP contribution is -2.65. The molecule has 1 saturated carbocycles. The summed E-state index contributed by atoms with van der Waals surface area (Å²) < 4.78 is 5.63. The minimum absolute atomic E-state index is 0.369. The van der Waals surface area contributed by atoms with E-state index >= 15 is 0 Å². The molecule has 0 amide bonds. The van der Waals surface area contributed by atoms with Gasteiger partial charge in [-0.25, -0.2) is 0 Å². The summed E-state index contributed by atoms with van der Waals surface area (Å²) in [7, 11) is 0. The molecule has 0 radical (unpaired) electrons. The molecule has 0 aromatic heterocycles. The summed E-state index contributed by atoms with van der Waals surface area (Å²) in [4.78, 5) is 2.87. The van der Waals surface area contributed by atoms with Gasteiger partial charge in [0.2, 0.25) is 0 Å². The summed E-state index contributed by atoms with van der Waals surface area (Å²) in [6.45, 7) is 9.19. The highest BCUT2D eigenvalue weighted by molar-refractivity contribution is 4.98. The van der Waals surface area contributed by atoms with Crippen LogP contribution in [0.2, 0.25) is 0 Å². The van der Waals surface area contributed by atoms with Crippen molar-refractivity contribution in [1.82, 2.24) is 10.2 Å². The fourth-order valence-corrected chi connectivity index (χ4v) is 4.80. The van der Waals surface area contributed by atoms with Crippen molar-refractivity contribution >= 4 is 0 Å². The molecular weight excluding hydrogens is 260 g/mol. The molecule has 21 heavy (non-hydrogen) atoms. The van der Waals surface area contributed by atoms with Gasteiger partial charge in [-0.05, 0) is 44.9 Å². The minimum atomic E-state index is 0.369. The van der Waals surface area contributed by atoms with Gasteiger partial charge >= 0.3 is 0 Å². The van der Waals surface area contributed by atoms with Crippen LogP contribution in [-0.2, 0) is 4.74 Å². The number of ether oxygens (including phenoxy) is 1. The van der Waals surface area contributed by atoms with E-state index in [1.807, 2.05) is 0 Å². The van der Waals surface area contributed by atoms with Crippen LogP contribution in [0.25, 0.3) is 0 Å². The Morgan fingerprint density at radius 3 is 2.52 bits per heavy atom. The number of nitrogens with zero attached hydrogens (tertiary/aromatic N) is 1. The van der Waals surface area contributed by atoms with Crippen molar-refractivity contribution in [2.45, 2.75) is 82.8 Å². The first-order valence-corrected chi connectivity index (χ1v) is 9.31. The maximum atomic E-state index is 5.63. The Morgan fingerprint density at radius 1 is 1.14 bits per heavy atom. The van der Waals surface area contributed by atoms with Gasteiger partial charge in [-0.2, -0.15) is 0 Å². The minimum Gasteiger partial charge on any atom is -0.381 e. The molecule has 122 valence electrons. The van der Waals surface area contributed by atoms with Gasteiger partial charge in [0.05, 0.1) is 0 Å². The predicted octanol–water partition coefficient (Wildman–Crippen LogP) is 3.19. The van der Waals surface area contributed by atoms with Crippen molar-refractivity contribution in [3.8, 4) is 0 Å². The van der Waals surface area contributed by atoms with Gasteiger partial charge in [0.1, 0.15) is 0 Å². The Labute approximate surface area is 130 Å². The summed E-state index contributed by atoms with van der Waals surface area (Å²) in [6.07, 6.45) is 10.9. The van der Waals surface area contributed by atoms with Crippen LogP contribution in [0.3, 0.4) is 0 Å². The monoisotopic (exact) mass is 294 g/mol. The first-order valence-electron chi connectivity index (χ1n) is 9.31. The summed E-state index contributed by atoms with van der Waals surface area (Å²) in [5, 5.41) is 3.90. The second-order valence-electron chi connectivity index (χ2n) is 7.74. The molecule has 3 heteroatoms. The third-order valence-corrected chi connectivity index (χ3v) is 6.40. The van der Waals surface area contributed by atoms with Crippen LogP contribution < -0.4 is 5.32 Å². The van der Waals surface area contributed by atoms with E-state index in [9.17, 15) is 0 Å². The molecule has 2 aliphatic heterocycles. The number of hydrogen-bond donors (Lipinski definition) is 1. The fraction of sp³-hybridized carbons (Fsp3) is 1.00. The third-order valence-electron chi connectivity index (χ3n) is 6.40. The van der Waals surface area contributed by atoms with Gasteiger partial charge in [0.15, 0.2) is 0 Å². The van der Waals surface area contributed by atoms with Crippen molar-refractivity contribution in [2.24, 2.45) is 5.92 Å². The molecule has 3 fully saturated rings. The van der Waals surface area contributed by atoms with E-state index in [-0.39, 0.29) is 0 Å². The normalized spacial score (nSPS) is 35.7. The number of piperazine rings is 1. The molecule has 3 rings (SSSR count). The zero-order valence-electron chi connectivity index (χ0n) is 14.1. The van der Waals surface area contributed by atoms with Gasteiger partial charge in [0.25, 0.3) is 0 Å². The van der Waals surface area contributed by atoms with Gasteiger partial charge in [-0.3, -0.25) is 4.90 Å². The Balaban J connectivity index is 1.69. The summed E-state index contributed by atoms with van der Waals surface area (Å²) in [5.41, 5.74) is 0.369. The van der Waals surface area contributed by atoms with E-state index in [1.165, 1.54) is 64.5 Å². The molecular formula is C18H34N2O. The highest BCUT2D eigenvalue weighted by Gasteiger charge is 2.42. The van der Waals surface area contributed by atoms with E-state index in [1.54, 1.807) is 0 Å². The lowest BCUT2D eigenvalue weighted by molar-refractivity contribution is -0.0597. The van der Waals surface area contributed by atoms with Crippen molar-refractivity contribution in [2.75, 3.05) is 26.3 Å². The van der Waals surface area contributed by atoms with Gasteiger partial charge in [-0.15, -0.1) is 0 Å². The van der Waals surface area contributed by atoms with Crippen LogP contribution in [0.4, 0.5) is 0 Å². The van der Waals surface area contributed by atoms with Gasteiger partial charge in [-0.1, -0.05) is 26.2 Å². The second kappa shape index (κ2) is 6.97. The Bertz CT molecular complexity index is 321. The summed E-state index contributed by atoms with van der Waals surface area (Å²) in [5.74, 6) is 0.919. The zero-order valence-corrected chi connectivity index (χ0v) is 14.1. The maximum absolute atomic E-state index is 5.63. The molecule has 0 spiro atoms. The number of hydrogen-bond acceptors (Lipinski definition) is 3. The molecule has 2 atom stereocenters. The van der Waals surface area contributed by atoms with Crippen molar-refractivity contribution < 1.29 is 4.74 Å². The number of nitrogens with one attached hydrogen (secondary N) is 1. The SMILES string of the molecule is CCC1CNC(C2CCCCC2)CN1C1(C)CCOCC1. The Kier molecular flexibility index (Phi) is 5.23. The van der Waals surface area contributed by atoms with Crippen LogP contribution in [0, 0.1) is 5.92 Å². The highest BCUT2D eigenvalue weighted by Crippen LogP contribution is 2.35. The first kappa shape index (κ1) is 15.8. The van der Waals surface area contributed by atoms with Gasteiger partial charge < -0.3 is 10.1 Å². The lowest BCUT2D eigenvalue weighted by atomic mass is 9.80. The second-order valence-corrected chi connectivity index (χ2v) is 7.74. The maximum Gasteiger partial charge on any atom is 0.0483 e. The standard InChI is InChI=1S/C18H34N2O/c1-3-16-13-19-17(15-7-5-4-6-8-15)14-20(16)18(2)9-11-21-12-10-18/h15-17,19H,3-14H2,1-2H3. The molecule has 2 unspecified atom stereocenters. The highest BCUT2D eigenvalue weighted by atomic mass is 16.5. The topological polar surface area (TPSA) is 24.5 Å². The first-order chi connectivity index (χ1) is 10.2. The molecule has 0 aromatic rings. The van der Waals surface area contributed by atoms with Crippen LogP contribution in [0.5, 0.6) is 0 Å². The molecule has 2 saturated heterocycles. The average molecular weight is 294 g/mol. The zero-order chi connectivity index (χ0) is 14.7. The van der Waals surface area contributed by atoms with E-state index in [0.717, 1.165) is 25.2 Å². The van der Waals surface area contributed by atoms with Crippen LogP contribution in [0.1, 0.15) is 65.2 Å². The molecule has 2 heterocycles. The number of rotatable bonds is 3. The average Bonchev–Trinajstić information content (AvgIpc) is 2.56. The van der Waals surface area contributed by atoms with E-state index in [2.05, 4.69) is 24.1 Å². The Morgan fingerprint density at radius 2 is 1.86 bits per heavy atom. The van der Waals surface area contributed by atoms with Crippen molar-refractivity contribution in [3.63, 3.8) is 0 Å². The quantitative estimate of drug-likeness (QED) is 0.865. The van der Waals surface area contributed by atoms with Crippen LogP contribution >= 0.6 is 0 Å². The summed E-state index contributed by atoms with van der Waals surface area (Å²) in [6, 6.07) is 1.45. The summed E-state index contributed by atoms with van der Waals surface area (Å²) >= 11 is 0. The van der Waals surface area contributed by atoms with E-state index in [0.29, 0.717) is 11.6 Å². The predicted molar refractivity (Wildman–Crippen MR) is 87.6 cm³/mol. The smallest absolute Gasteiger partial charge is 0.0483 e. The third kappa shape index (κ3) is 3.46. The fourth-order valence-electron chi connectivity index (χ4n) is 4.80.